The van der Waals surface area contributed by atoms with E-state index >= 15 is 0 Å². The lowest BCUT2D eigenvalue weighted by Crippen LogP contribution is -2.31. The standard InChI is InChI=1S/C17H27NO2/c1-6-15-13(7-8-20-15)17(18-4)14-9-12(3)16(19-5)10-11(14)2/h9-10,13,15,17-18H,6-8H2,1-5H3. The summed E-state index contributed by atoms with van der Waals surface area (Å²) >= 11 is 0. The molecule has 0 aliphatic carbocycles. The highest BCUT2D eigenvalue weighted by molar-refractivity contribution is 5.43. The smallest absolute Gasteiger partial charge is 0.122 e. The van der Waals surface area contributed by atoms with Crippen LogP contribution in [0.2, 0.25) is 0 Å². The van der Waals surface area contributed by atoms with Crippen molar-refractivity contribution in [3.63, 3.8) is 0 Å². The Morgan fingerprint density at radius 2 is 2.10 bits per heavy atom. The Labute approximate surface area is 122 Å². The molecule has 0 saturated carbocycles. The number of aryl methyl sites for hydroxylation is 2. The summed E-state index contributed by atoms with van der Waals surface area (Å²) in [6, 6.07) is 4.76. The molecule has 2 rings (SSSR count). The van der Waals surface area contributed by atoms with Crippen LogP contribution >= 0.6 is 0 Å². The van der Waals surface area contributed by atoms with Gasteiger partial charge in [0.15, 0.2) is 0 Å². The zero-order chi connectivity index (χ0) is 14.7. The minimum absolute atomic E-state index is 0.354. The number of hydrogen-bond donors (Lipinski definition) is 1. The van der Waals surface area contributed by atoms with Gasteiger partial charge in [-0.05, 0) is 56.5 Å². The molecule has 3 nitrogen and oxygen atoms in total. The highest BCUT2D eigenvalue weighted by Crippen LogP contribution is 2.37. The Morgan fingerprint density at radius 3 is 2.70 bits per heavy atom. The van der Waals surface area contributed by atoms with E-state index < -0.39 is 0 Å². The van der Waals surface area contributed by atoms with Crippen molar-refractivity contribution < 1.29 is 9.47 Å². The first-order valence-corrected chi connectivity index (χ1v) is 7.56. The molecule has 0 amide bonds. The van der Waals surface area contributed by atoms with Gasteiger partial charge in [-0.3, -0.25) is 0 Å². The second-order valence-electron chi connectivity index (χ2n) is 5.71. The number of benzene rings is 1. The van der Waals surface area contributed by atoms with E-state index in [4.69, 9.17) is 9.47 Å². The lowest BCUT2D eigenvalue weighted by atomic mass is 9.84. The van der Waals surface area contributed by atoms with E-state index in [2.05, 4.69) is 45.3 Å². The quantitative estimate of drug-likeness (QED) is 0.895. The molecule has 3 unspecified atom stereocenters. The Bertz CT molecular complexity index is 459. The molecule has 1 saturated heterocycles. The van der Waals surface area contributed by atoms with Crippen molar-refractivity contribution >= 4 is 0 Å². The SMILES string of the molecule is CCC1OCCC1C(NC)c1cc(C)c(OC)cc1C. The summed E-state index contributed by atoms with van der Waals surface area (Å²) in [5, 5.41) is 3.51. The van der Waals surface area contributed by atoms with Gasteiger partial charge < -0.3 is 14.8 Å². The van der Waals surface area contributed by atoms with Gasteiger partial charge in [-0.15, -0.1) is 0 Å². The average Bonchev–Trinajstić information content (AvgIpc) is 2.91. The number of hydrogen-bond acceptors (Lipinski definition) is 3. The first-order chi connectivity index (χ1) is 9.62. The van der Waals surface area contributed by atoms with Gasteiger partial charge >= 0.3 is 0 Å². The summed E-state index contributed by atoms with van der Waals surface area (Å²) in [5.74, 6) is 1.52. The van der Waals surface area contributed by atoms with Gasteiger partial charge in [0.25, 0.3) is 0 Å². The third kappa shape index (κ3) is 2.84. The van der Waals surface area contributed by atoms with Crippen LogP contribution in [0.5, 0.6) is 5.75 Å². The molecule has 20 heavy (non-hydrogen) atoms. The molecule has 0 aromatic heterocycles. The Hall–Kier alpha value is -1.06. The fourth-order valence-electron chi connectivity index (χ4n) is 3.43. The van der Waals surface area contributed by atoms with Crippen molar-refractivity contribution in [3.8, 4) is 5.75 Å². The molecule has 1 N–H and O–H groups in total. The Kier molecular flexibility index (Phi) is 5.06. The monoisotopic (exact) mass is 277 g/mol. The minimum atomic E-state index is 0.354. The minimum Gasteiger partial charge on any atom is -0.496 e. The molecule has 0 bridgehead atoms. The predicted octanol–water partition coefficient (Wildman–Crippen LogP) is 3.39. The van der Waals surface area contributed by atoms with Crippen molar-refractivity contribution in [1.82, 2.24) is 5.32 Å². The Balaban J connectivity index is 2.34. The molecular formula is C17H27NO2. The number of methoxy groups -OCH3 is 1. The summed E-state index contributed by atoms with van der Waals surface area (Å²) in [5.41, 5.74) is 3.86. The summed E-state index contributed by atoms with van der Waals surface area (Å²) in [6.45, 7) is 7.37. The molecular weight excluding hydrogens is 250 g/mol. The van der Waals surface area contributed by atoms with Crippen molar-refractivity contribution in [2.75, 3.05) is 20.8 Å². The zero-order valence-corrected chi connectivity index (χ0v) is 13.3. The first kappa shape index (κ1) is 15.3. The molecule has 1 aromatic rings. The number of nitrogens with one attached hydrogen (secondary N) is 1. The third-order valence-corrected chi connectivity index (χ3v) is 4.52. The van der Waals surface area contributed by atoms with Crippen LogP contribution in [-0.4, -0.2) is 26.9 Å². The predicted molar refractivity (Wildman–Crippen MR) is 82.4 cm³/mol. The van der Waals surface area contributed by atoms with E-state index in [1.165, 1.54) is 16.7 Å². The normalized spacial score (nSPS) is 23.9. The molecule has 1 aliphatic heterocycles. The molecule has 0 spiro atoms. The van der Waals surface area contributed by atoms with Crippen molar-refractivity contribution in [2.24, 2.45) is 5.92 Å². The third-order valence-electron chi connectivity index (χ3n) is 4.52. The van der Waals surface area contributed by atoms with E-state index in [9.17, 15) is 0 Å². The van der Waals surface area contributed by atoms with Gasteiger partial charge in [0.05, 0.1) is 13.2 Å². The van der Waals surface area contributed by atoms with Gasteiger partial charge in [-0.25, -0.2) is 0 Å². The summed E-state index contributed by atoms with van der Waals surface area (Å²) in [4.78, 5) is 0. The molecule has 3 atom stereocenters. The lowest BCUT2D eigenvalue weighted by molar-refractivity contribution is 0.0782. The van der Waals surface area contributed by atoms with Crippen LogP contribution < -0.4 is 10.1 Å². The molecule has 1 aromatic carbocycles. The Morgan fingerprint density at radius 1 is 1.35 bits per heavy atom. The summed E-state index contributed by atoms with van der Waals surface area (Å²) in [6.07, 6.45) is 2.58. The first-order valence-electron chi connectivity index (χ1n) is 7.56. The lowest BCUT2D eigenvalue weighted by Gasteiger charge is -2.29. The van der Waals surface area contributed by atoms with E-state index in [0.717, 1.165) is 25.2 Å². The highest BCUT2D eigenvalue weighted by atomic mass is 16.5. The molecule has 1 heterocycles. The van der Waals surface area contributed by atoms with Gasteiger partial charge in [-0.2, -0.15) is 0 Å². The fourth-order valence-corrected chi connectivity index (χ4v) is 3.43. The zero-order valence-electron chi connectivity index (χ0n) is 13.3. The maximum atomic E-state index is 5.87. The molecule has 1 fully saturated rings. The second kappa shape index (κ2) is 6.59. The number of rotatable bonds is 5. The van der Waals surface area contributed by atoms with Crippen molar-refractivity contribution in [1.29, 1.82) is 0 Å². The van der Waals surface area contributed by atoms with E-state index in [0.29, 0.717) is 18.1 Å². The van der Waals surface area contributed by atoms with Gasteiger partial charge in [0, 0.05) is 18.6 Å². The second-order valence-corrected chi connectivity index (χ2v) is 5.71. The van der Waals surface area contributed by atoms with Crippen LogP contribution in [0.15, 0.2) is 12.1 Å². The van der Waals surface area contributed by atoms with Crippen LogP contribution in [0, 0.1) is 19.8 Å². The summed E-state index contributed by atoms with van der Waals surface area (Å²) in [7, 11) is 3.78. The maximum Gasteiger partial charge on any atom is 0.122 e. The fraction of sp³-hybridized carbons (Fsp3) is 0.647. The van der Waals surface area contributed by atoms with Crippen LogP contribution in [0.4, 0.5) is 0 Å². The maximum absolute atomic E-state index is 5.87. The van der Waals surface area contributed by atoms with Crippen molar-refractivity contribution in [2.45, 2.75) is 45.8 Å². The molecule has 112 valence electrons. The van der Waals surface area contributed by atoms with E-state index in [1.807, 2.05) is 0 Å². The van der Waals surface area contributed by atoms with Crippen LogP contribution in [0.25, 0.3) is 0 Å². The van der Waals surface area contributed by atoms with Gasteiger partial charge in [-0.1, -0.05) is 13.0 Å². The van der Waals surface area contributed by atoms with Gasteiger partial charge in [0.2, 0.25) is 0 Å². The van der Waals surface area contributed by atoms with Crippen LogP contribution in [0.1, 0.15) is 42.5 Å². The topological polar surface area (TPSA) is 30.5 Å². The molecule has 0 radical (unpaired) electrons. The van der Waals surface area contributed by atoms with E-state index in [1.54, 1.807) is 7.11 Å². The van der Waals surface area contributed by atoms with Crippen LogP contribution in [0.3, 0.4) is 0 Å². The molecule has 1 aliphatic rings. The van der Waals surface area contributed by atoms with E-state index in [-0.39, 0.29) is 0 Å². The number of ether oxygens (including phenoxy) is 2. The van der Waals surface area contributed by atoms with Gasteiger partial charge in [0.1, 0.15) is 5.75 Å². The largest absolute Gasteiger partial charge is 0.496 e. The average molecular weight is 277 g/mol. The van der Waals surface area contributed by atoms with Crippen LogP contribution in [-0.2, 0) is 4.74 Å². The molecule has 3 heteroatoms. The van der Waals surface area contributed by atoms with Crippen molar-refractivity contribution in [3.05, 3.63) is 28.8 Å². The summed E-state index contributed by atoms with van der Waals surface area (Å²) < 4.78 is 11.3. The highest BCUT2D eigenvalue weighted by Gasteiger charge is 2.34.